The van der Waals surface area contributed by atoms with Crippen LogP contribution in [0.4, 0.5) is 29.1 Å². The Morgan fingerprint density at radius 1 is 1.06 bits per heavy atom. The van der Waals surface area contributed by atoms with Gasteiger partial charge in [-0.15, -0.1) is 0 Å². The fraction of sp³-hybridized carbons (Fsp3) is 0.400. The normalized spacial score (nSPS) is 16.2. The number of nitrogens with two attached hydrogens (primary N) is 1. The molecule has 0 bridgehead atoms. The molecule has 4 aromatic heterocycles. The van der Waals surface area contributed by atoms with Crippen molar-refractivity contribution in [2.45, 2.75) is 57.5 Å². The Morgan fingerprint density at radius 3 is 2.27 bits per heavy atom. The molecule has 2 aliphatic rings. The molecule has 0 aromatic carbocycles. The summed E-state index contributed by atoms with van der Waals surface area (Å²) in [5.74, 6) is -2.03. The van der Waals surface area contributed by atoms with Crippen molar-refractivity contribution in [3.8, 4) is 17.1 Å². The number of fused-ring (bicyclic) bond motifs is 1. The van der Waals surface area contributed by atoms with Gasteiger partial charge >= 0.3 is 6.18 Å². The Kier molecular flexibility index (Phi) is 8.76. The zero-order chi connectivity index (χ0) is 37.4. The van der Waals surface area contributed by atoms with E-state index in [4.69, 9.17) is 5.73 Å². The highest BCUT2D eigenvalue weighted by Crippen LogP contribution is 2.45. The predicted molar refractivity (Wildman–Crippen MR) is 185 cm³/mol. The number of nitrogen functional groups attached to an aromatic ring is 1. The van der Waals surface area contributed by atoms with Crippen LogP contribution < -0.4 is 16.2 Å². The molecule has 51 heavy (non-hydrogen) atoms. The lowest BCUT2D eigenvalue weighted by atomic mass is 9.72. The Hall–Kier alpha value is -4.86. The summed E-state index contributed by atoms with van der Waals surface area (Å²) in [7, 11) is -4.32. The number of aryl methyl sites for hydroxylation is 2. The minimum atomic E-state index is -4.98. The number of amides is 1. The summed E-state index contributed by atoms with van der Waals surface area (Å²) in [5, 5.41) is -0.101. The van der Waals surface area contributed by atoms with Crippen molar-refractivity contribution < 1.29 is 30.8 Å². The molecule has 1 spiro atoms. The minimum absolute atomic E-state index is 0.0969. The molecule has 6 heterocycles. The summed E-state index contributed by atoms with van der Waals surface area (Å²) in [4.78, 5) is 42.4. The number of piperidine rings is 1. The highest BCUT2D eigenvalue weighted by molar-refractivity contribution is 7.90. The lowest BCUT2D eigenvalue weighted by Gasteiger charge is -2.54. The number of pyridine rings is 4. The van der Waals surface area contributed by atoms with Gasteiger partial charge in [-0.05, 0) is 68.0 Å². The summed E-state index contributed by atoms with van der Waals surface area (Å²) < 4.78 is 88.1. The van der Waals surface area contributed by atoms with Gasteiger partial charge < -0.3 is 15.5 Å². The van der Waals surface area contributed by atoms with Crippen molar-refractivity contribution in [1.29, 1.82) is 0 Å². The van der Waals surface area contributed by atoms with Gasteiger partial charge in [-0.2, -0.15) is 13.2 Å². The van der Waals surface area contributed by atoms with Gasteiger partial charge in [0.1, 0.15) is 17.2 Å². The highest BCUT2D eigenvalue weighted by atomic mass is 32.2. The van der Waals surface area contributed by atoms with E-state index in [9.17, 15) is 31.2 Å². The topological polar surface area (TPSA) is 144 Å². The van der Waals surface area contributed by atoms with E-state index in [0.717, 1.165) is 23.0 Å². The number of carbonyl (C=O) groups excluding carboxylic acids is 1. The van der Waals surface area contributed by atoms with Crippen molar-refractivity contribution in [3.05, 3.63) is 75.6 Å². The largest absolute Gasteiger partial charge is 0.418 e. The van der Waals surface area contributed by atoms with Crippen LogP contribution in [-0.4, -0.2) is 71.2 Å². The standard InChI is InChI=1S/C35H37F4N7O4S/c1-7-24(47)45-16-34(17-45)9-12-44(13-10-34)30-21-15-22(36)27(28-25(35(37,38)39)20(5)14-23(40)42-28)43-32(21)46(33(48)31(30)51(6,49)50)29-19(4)8-11-41-26(29)18(2)3/h7-8,11,14-15,18H,1,9-10,12-13,16-17H2,2-6H3,(H2,40,42). The minimum Gasteiger partial charge on any atom is -0.384 e. The van der Waals surface area contributed by atoms with E-state index in [1.807, 2.05) is 13.8 Å². The van der Waals surface area contributed by atoms with Crippen LogP contribution in [0, 0.1) is 25.1 Å². The lowest BCUT2D eigenvalue weighted by molar-refractivity contribution is -0.139. The molecular weight excluding hydrogens is 690 g/mol. The summed E-state index contributed by atoms with van der Waals surface area (Å²) in [6.07, 6.45) is -0.284. The van der Waals surface area contributed by atoms with Crippen LogP contribution in [0.5, 0.6) is 0 Å². The van der Waals surface area contributed by atoms with E-state index in [2.05, 4.69) is 21.5 Å². The number of likely N-dealkylation sites (tertiary alicyclic amines) is 1. The lowest BCUT2D eigenvalue weighted by Crippen LogP contribution is -2.61. The maximum absolute atomic E-state index is 16.4. The monoisotopic (exact) mass is 727 g/mol. The van der Waals surface area contributed by atoms with Gasteiger partial charge in [-0.25, -0.2) is 22.8 Å². The van der Waals surface area contributed by atoms with E-state index < -0.39 is 49.2 Å². The van der Waals surface area contributed by atoms with Crippen molar-refractivity contribution in [2.75, 3.05) is 43.1 Å². The molecule has 16 heteroatoms. The Bertz CT molecular complexity index is 2290. The summed E-state index contributed by atoms with van der Waals surface area (Å²) >= 11 is 0. The van der Waals surface area contributed by atoms with Crippen LogP contribution in [0.1, 0.15) is 55.0 Å². The number of alkyl halides is 3. The van der Waals surface area contributed by atoms with Gasteiger partial charge in [0.25, 0.3) is 5.56 Å². The number of hydrogen-bond acceptors (Lipinski definition) is 9. The van der Waals surface area contributed by atoms with Crippen LogP contribution in [0.15, 0.2) is 46.7 Å². The first kappa shape index (κ1) is 35.9. The van der Waals surface area contributed by atoms with E-state index in [1.54, 1.807) is 22.8 Å². The van der Waals surface area contributed by atoms with Crippen LogP contribution in [0.2, 0.25) is 0 Å². The summed E-state index contributed by atoms with van der Waals surface area (Å²) in [6, 6.07) is 3.53. The predicted octanol–water partition coefficient (Wildman–Crippen LogP) is 5.34. The van der Waals surface area contributed by atoms with Crippen LogP contribution in [0.25, 0.3) is 28.1 Å². The number of nitrogens with zero attached hydrogens (tertiary/aromatic N) is 6. The molecule has 0 unspecified atom stereocenters. The Labute approximate surface area is 291 Å². The quantitative estimate of drug-likeness (QED) is 0.206. The van der Waals surface area contributed by atoms with Crippen molar-refractivity contribution >= 4 is 38.3 Å². The third kappa shape index (κ3) is 6.12. The molecule has 270 valence electrons. The van der Waals surface area contributed by atoms with Gasteiger partial charge in [-0.3, -0.25) is 19.1 Å². The average Bonchev–Trinajstić information content (AvgIpc) is 3.01. The molecule has 1 amide bonds. The number of hydrogen-bond donors (Lipinski definition) is 1. The number of sulfone groups is 1. The van der Waals surface area contributed by atoms with Gasteiger partial charge in [0.05, 0.1) is 22.6 Å². The number of carbonyl (C=O) groups is 1. The molecule has 6 rings (SSSR count). The first-order chi connectivity index (χ1) is 23.8. The SMILES string of the molecule is C=CC(=O)N1CC2(CCN(c3c(S(C)(=O)=O)c(=O)n(-c4c(C)ccnc4C(C)C)c4nc(-c5nc(N)cc(C)c5C(F)(F)F)c(F)cc34)CC2)C1. The second-order valence-corrected chi connectivity index (χ2v) is 15.7. The van der Waals surface area contributed by atoms with E-state index in [-0.39, 0.29) is 64.1 Å². The smallest absolute Gasteiger partial charge is 0.384 e. The van der Waals surface area contributed by atoms with Gasteiger partial charge in [0, 0.05) is 49.4 Å². The van der Waals surface area contributed by atoms with Gasteiger partial charge in [0.15, 0.2) is 26.2 Å². The third-order valence-corrected chi connectivity index (χ3v) is 10.9. The summed E-state index contributed by atoms with van der Waals surface area (Å²) in [5.41, 5.74) is 2.04. The van der Waals surface area contributed by atoms with Crippen molar-refractivity contribution in [3.63, 3.8) is 0 Å². The fourth-order valence-electron chi connectivity index (χ4n) is 7.35. The molecule has 0 saturated carbocycles. The average molecular weight is 728 g/mol. The van der Waals surface area contributed by atoms with E-state index in [1.165, 1.54) is 19.2 Å². The third-order valence-electron chi connectivity index (χ3n) is 9.75. The van der Waals surface area contributed by atoms with Crippen LogP contribution in [-0.2, 0) is 20.8 Å². The van der Waals surface area contributed by atoms with Crippen molar-refractivity contribution in [2.24, 2.45) is 5.41 Å². The number of rotatable bonds is 6. The number of aromatic nitrogens is 4. The summed E-state index contributed by atoms with van der Waals surface area (Å²) in [6.45, 7) is 11.5. The molecule has 2 fully saturated rings. The molecule has 11 nitrogen and oxygen atoms in total. The molecule has 0 atom stereocenters. The first-order valence-electron chi connectivity index (χ1n) is 16.2. The van der Waals surface area contributed by atoms with Gasteiger partial charge in [0.2, 0.25) is 5.91 Å². The number of anilines is 2. The zero-order valence-electron chi connectivity index (χ0n) is 28.7. The maximum atomic E-state index is 16.4. The molecular formula is C35H37F4N7O4S. The second kappa shape index (κ2) is 12.4. The fourth-order valence-corrected chi connectivity index (χ4v) is 8.35. The van der Waals surface area contributed by atoms with Crippen molar-refractivity contribution in [1.82, 2.24) is 24.4 Å². The van der Waals surface area contributed by atoms with E-state index >= 15 is 4.39 Å². The molecule has 0 radical (unpaired) electrons. The maximum Gasteiger partial charge on any atom is 0.418 e. The molecule has 2 saturated heterocycles. The van der Waals surface area contributed by atoms with Crippen LogP contribution >= 0.6 is 0 Å². The van der Waals surface area contributed by atoms with Gasteiger partial charge in [-0.1, -0.05) is 20.4 Å². The highest BCUT2D eigenvalue weighted by Gasteiger charge is 2.47. The van der Waals surface area contributed by atoms with Crippen LogP contribution in [0.3, 0.4) is 0 Å². The van der Waals surface area contributed by atoms with E-state index in [0.29, 0.717) is 37.2 Å². The molecule has 2 aliphatic heterocycles. The first-order valence-corrected chi connectivity index (χ1v) is 18.1. The Morgan fingerprint density at radius 2 is 1.71 bits per heavy atom. The second-order valence-electron chi connectivity index (χ2n) is 13.8. The molecule has 4 aromatic rings. The number of halogens is 4. The zero-order valence-corrected chi connectivity index (χ0v) is 29.5. The molecule has 2 N–H and O–H groups in total. The molecule has 0 aliphatic carbocycles. The Balaban J connectivity index is 1.69.